The lowest BCUT2D eigenvalue weighted by Crippen LogP contribution is -2.46. The number of carbonyl (C=O) groups excluding carboxylic acids is 1. The van der Waals surface area contributed by atoms with E-state index in [4.69, 9.17) is 0 Å². The molecule has 1 saturated heterocycles. The van der Waals surface area contributed by atoms with E-state index >= 15 is 0 Å². The molecule has 3 aliphatic rings. The zero-order chi connectivity index (χ0) is 13.1. The molecule has 4 rings (SSSR count). The maximum atomic E-state index is 13.6. The van der Waals surface area contributed by atoms with Gasteiger partial charge in [-0.15, -0.1) is 0 Å². The molecule has 19 heavy (non-hydrogen) atoms. The number of anilines is 2. The normalized spacial score (nSPS) is 31.8. The molecule has 2 heterocycles. The third-order valence-corrected chi connectivity index (χ3v) is 5.37. The number of halogens is 2. The van der Waals surface area contributed by atoms with Gasteiger partial charge >= 0.3 is 0 Å². The molecule has 5 heteroatoms. The number of nitrogens with zero attached hydrogens (tertiary/aromatic N) is 1. The monoisotopic (exact) mass is 324 g/mol. The molecule has 1 aromatic rings. The van der Waals surface area contributed by atoms with Crippen LogP contribution in [-0.4, -0.2) is 18.5 Å². The lowest BCUT2D eigenvalue weighted by molar-refractivity contribution is -0.118. The molecule has 0 radical (unpaired) electrons. The van der Waals surface area contributed by atoms with Crippen molar-refractivity contribution in [2.24, 2.45) is 11.8 Å². The minimum absolute atomic E-state index is 0.0311. The summed E-state index contributed by atoms with van der Waals surface area (Å²) >= 11 is 3.23. The number of amides is 1. The maximum Gasteiger partial charge on any atom is 0.247 e. The zero-order valence-electron chi connectivity index (χ0n) is 10.3. The molecular weight excluding hydrogens is 311 g/mol. The predicted molar refractivity (Wildman–Crippen MR) is 74.7 cm³/mol. The van der Waals surface area contributed by atoms with Crippen LogP contribution in [0.2, 0.25) is 0 Å². The molecule has 3 nitrogen and oxygen atoms in total. The largest absolute Gasteiger partial charge is 0.357 e. The van der Waals surface area contributed by atoms with Crippen molar-refractivity contribution < 1.29 is 9.18 Å². The third kappa shape index (κ3) is 1.57. The van der Waals surface area contributed by atoms with Gasteiger partial charge in [0.1, 0.15) is 11.9 Å². The molecule has 3 unspecified atom stereocenters. The molecule has 1 aliphatic carbocycles. The van der Waals surface area contributed by atoms with Gasteiger partial charge in [-0.1, -0.05) is 6.42 Å². The quantitative estimate of drug-likeness (QED) is 0.795. The Hall–Kier alpha value is -1.10. The van der Waals surface area contributed by atoms with E-state index in [2.05, 4.69) is 26.1 Å². The summed E-state index contributed by atoms with van der Waals surface area (Å²) < 4.78 is 14.0. The fourth-order valence-corrected chi connectivity index (χ4v) is 4.30. The number of nitrogens with one attached hydrogen (secondary N) is 1. The number of benzene rings is 1. The Balaban J connectivity index is 1.82. The molecule has 0 bridgehead atoms. The molecular formula is C14H14BrFN2O. The van der Waals surface area contributed by atoms with Gasteiger partial charge in [-0.25, -0.2) is 4.39 Å². The van der Waals surface area contributed by atoms with Crippen molar-refractivity contribution in [3.05, 3.63) is 22.4 Å². The fraction of sp³-hybridized carbons (Fsp3) is 0.500. The predicted octanol–water partition coefficient (Wildman–Crippen LogP) is 3.15. The minimum Gasteiger partial charge on any atom is -0.357 e. The molecule has 0 spiro atoms. The van der Waals surface area contributed by atoms with E-state index in [1.165, 1.54) is 18.9 Å². The zero-order valence-corrected chi connectivity index (χ0v) is 11.9. The number of carbonyl (C=O) groups is 1. The second-order valence-electron chi connectivity index (χ2n) is 5.72. The van der Waals surface area contributed by atoms with Crippen molar-refractivity contribution in [1.82, 2.24) is 0 Å². The minimum atomic E-state index is -0.336. The van der Waals surface area contributed by atoms with Crippen LogP contribution in [0.4, 0.5) is 15.8 Å². The Morgan fingerprint density at radius 3 is 3.05 bits per heavy atom. The van der Waals surface area contributed by atoms with E-state index in [0.29, 0.717) is 22.0 Å². The Morgan fingerprint density at radius 1 is 1.37 bits per heavy atom. The lowest BCUT2D eigenvalue weighted by atomic mass is 9.92. The fourth-order valence-electron chi connectivity index (χ4n) is 3.97. The van der Waals surface area contributed by atoms with Crippen LogP contribution in [0.3, 0.4) is 0 Å². The van der Waals surface area contributed by atoms with E-state index in [0.717, 1.165) is 18.7 Å². The first-order valence-corrected chi connectivity index (χ1v) is 7.51. The van der Waals surface area contributed by atoms with Gasteiger partial charge in [-0.3, -0.25) is 4.79 Å². The van der Waals surface area contributed by atoms with Gasteiger partial charge in [0.2, 0.25) is 5.91 Å². The first kappa shape index (κ1) is 11.7. The van der Waals surface area contributed by atoms with Crippen LogP contribution in [0, 0.1) is 17.7 Å². The van der Waals surface area contributed by atoms with Gasteiger partial charge < -0.3 is 10.2 Å². The molecule has 2 aliphatic heterocycles. The van der Waals surface area contributed by atoms with Crippen LogP contribution in [0.25, 0.3) is 0 Å². The first-order valence-electron chi connectivity index (χ1n) is 6.71. The van der Waals surface area contributed by atoms with Crippen molar-refractivity contribution in [3.8, 4) is 0 Å². The average Bonchev–Trinajstić information content (AvgIpc) is 2.91. The van der Waals surface area contributed by atoms with E-state index in [1.807, 2.05) is 0 Å². The summed E-state index contributed by atoms with van der Waals surface area (Å²) in [6.07, 6.45) is 3.58. The van der Waals surface area contributed by atoms with Crippen molar-refractivity contribution >= 4 is 33.2 Å². The average molecular weight is 325 g/mol. The van der Waals surface area contributed by atoms with Crippen molar-refractivity contribution in [2.45, 2.75) is 25.3 Å². The van der Waals surface area contributed by atoms with Crippen LogP contribution in [0.1, 0.15) is 19.3 Å². The molecule has 1 amide bonds. The van der Waals surface area contributed by atoms with E-state index in [1.54, 1.807) is 6.07 Å². The molecule has 100 valence electrons. The van der Waals surface area contributed by atoms with Gasteiger partial charge in [-0.05, 0) is 46.7 Å². The molecule has 1 N–H and O–H groups in total. The summed E-state index contributed by atoms with van der Waals surface area (Å²) in [5.41, 5.74) is 1.55. The van der Waals surface area contributed by atoms with Gasteiger partial charge in [0.05, 0.1) is 15.8 Å². The van der Waals surface area contributed by atoms with Crippen LogP contribution in [0.15, 0.2) is 16.6 Å². The van der Waals surface area contributed by atoms with Crippen LogP contribution < -0.4 is 10.2 Å². The summed E-state index contributed by atoms with van der Waals surface area (Å²) in [6, 6.07) is 3.14. The third-order valence-electron chi connectivity index (χ3n) is 4.76. The molecule has 1 saturated carbocycles. The van der Waals surface area contributed by atoms with Crippen molar-refractivity contribution in [3.63, 3.8) is 0 Å². The summed E-state index contributed by atoms with van der Waals surface area (Å²) in [5.74, 6) is 0.781. The number of hydrogen-bond donors (Lipinski definition) is 1. The summed E-state index contributed by atoms with van der Waals surface area (Å²) in [4.78, 5) is 14.5. The summed E-state index contributed by atoms with van der Waals surface area (Å²) in [5, 5.41) is 2.87. The maximum absolute atomic E-state index is 13.6. The van der Waals surface area contributed by atoms with Gasteiger partial charge in [0, 0.05) is 12.6 Å². The van der Waals surface area contributed by atoms with Crippen LogP contribution >= 0.6 is 15.9 Å². The molecule has 3 atom stereocenters. The number of hydrogen-bond acceptors (Lipinski definition) is 2. The Labute approximate surface area is 119 Å². The van der Waals surface area contributed by atoms with E-state index < -0.39 is 0 Å². The standard InChI is InChI=1S/C14H14BrFN2O/c15-9-4-12-11(5-10(9)16)17-14(19)13-8-3-1-2-7(8)6-18(12)13/h4-5,7-8,13H,1-3,6H2,(H,17,19). The lowest BCUT2D eigenvalue weighted by Gasteiger charge is -2.35. The van der Waals surface area contributed by atoms with Gasteiger partial charge in [0.15, 0.2) is 0 Å². The highest BCUT2D eigenvalue weighted by Gasteiger charge is 2.50. The molecule has 1 aromatic carbocycles. The Kier molecular flexibility index (Phi) is 2.43. The van der Waals surface area contributed by atoms with Gasteiger partial charge in [0.25, 0.3) is 0 Å². The topological polar surface area (TPSA) is 32.3 Å². The van der Waals surface area contributed by atoms with Crippen molar-refractivity contribution in [1.29, 1.82) is 0 Å². The number of rotatable bonds is 0. The smallest absolute Gasteiger partial charge is 0.247 e. The summed E-state index contributed by atoms with van der Waals surface area (Å²) in [6.45, 7) is 0.924. The highest BCUT2D eigenvalue weighted by molar-refractivity contribution is 9.10. The summed E-state index contributed by atoms with van der Waals surface area (Å²) in [7, 11) is 0. The molecule has 0 aromatic heterocycles. The first-order chi connectivity index (χ1) is 9.15. The van der Waals surface area contributed by atoms with E-state index in [9.17, 15) is 9.18 Å². The Bertz CT molecular complexity index is 577. The highest BCUT2D eigenvalue weighted by atomic mass is 79.9. The van der Waals surface area contributed by atoms with Crippen molar-refractivity contribution in [2.75, 3.05) is 16.8 Å². The van der Waals surface area contributed by atoms with E-state index in [-0.39, 0.29) is 17.8 Å². The molecule has 2 fully saturated rings. The highest BCUT2D eigenvalue weighted by Crippen LogP contribution is 2.48. The second-order valence-corrected chi connectivity index (χ2v) is 6.58. The number of fused-ring (bicyclic) bond motifs is 5. The Morgan fingerprint density at radius 2 is 2.21 bits per heavy atom. The SMILES string of the molecule is O=C1Nc2cc(F)c(Br)cc2N2CC3CCCC3C12. The second kappa shape index (κ2) is 3.95. The van der Waals surface area contributed by atoms with Gasteiger partial charge in [-0.2, -0.15) is 0 Å². The van der Waals surface area contributed by atoms with Crippen LogP contribution in [0.5, 0.6) is 0 Å². The van der Waals surface area contributed by atoms with Crippen LogP contribution in [-0.2, 0) is 4.79 Å².